The minimum atomic E-state index is -4.54. The molecule has 0 aliphatic rings. The average Bonchev–Trinajstić information content (AvgIpc) is 2.18. The lowest BCUT2D eigenvalue weighted by Crippen LogP contribution is -2.09. The summed E-state index contributed by atoms with van der Waals surface area (Å²) in [6.45, 7) is 1.47. The zero-order chi connectivity index (χ0) is 13.3. The maximum absolute atomic E-state index is 11.6. The quantitative estimate of drug-likeness (QED) is 0.645. The van der Waals surface area contributed by atoms with Crippen LogP contribution in [-0.4, -0.2) is 24.6 Å². The molecule has 0 atom stereocenters. The van der Waals surface area contributed by atoms with E-state index in [4.69, 9.17) is 21.4 Å². The minimum absolute atomic E-state index is 0.210. The molecule has 2 N–H and O–H groups in total. The molecular weight excluding hydrogens is 291 g/mol. The van der Waals surface area contributed by atoms with Gasteiger partial charge < -0.3 is 9.79 Å². The van der Waals surface area contributed by atoms with Crippen LogP contribution in [0.15, 0.2) is 23.1 Å². The van der Waals surface area contributed by atoms with Crippen LogP contribution in [0.1, 0.15) is 5.56 Å². The molecule has 0 spiro atoms. The maximum atomic E-state index is 11.6. The fraction of sp³-hybridized carbons (Fsp3) is 0.250. The summed E-state index contributed by atoms with van der Waals surface area (Å²) in [5.41, 5.74) is 0.264. The molecule has 0 radical (unpaired) electrons. The molecule has 0 amide bonds. The van der Waals surface area contributed by atoms with E-state index in [1.807, 2.05) is 0 Å². The van der Waals surface area contributed by atoms with Gasteiger partial charge in [-0.25, -0.2) is 0 Å². The van der Waals surface area contributed by atoms with E-state index in [0.29, 0.717) is 0 Å². The number of rotatable bonds is 4. The van der Waals surface area contributed by atoms with Crippen molar-refractivity contribution in [2.75, 3.05) is 6.35 Å². The minimum Gasteiger partial charge on any atom is -0.323 e. The van der Waals surface area contributed by atoms with E-state index >= 15 is 0 Å². The number of hydrogen-bond acceptors (Lipinski definition) is 4. The maximum Gasteiger partial charge on any atom is 0.352 e. The van der Waals surface area contributed by atoms with Crippen molar-refractivity contribution >= 4 is 29.3 Å². The summed E-state index contributed by atoms with van der Waals surface area (Å²) in [6.07, 6.45) is -1.19. The molecule has 17 heavy (non-hydrogen) atoms. The van der Waals surface area contributed by atoms with Crippen molar-refractivity contribution in [1.82, 2.24) is 0 Å². The lowest BCUT2D eigenvalue weighted by Gasteiger charge is -2.09. The lowest BCUT2D eigenvalue weighted by molar-refractivity contribution is 0.301. The van der Waals surface area contributed by atoms with Crippen LogP contribution in [0.5, 0.6) is 0 Å². The summed E-state index contributed by atoms with van der Waals surface area (Å²) in [5.74, 6) is 0. The Hall–Kier alpha value is -0.430. The number of halogens is 1. The third-order valence-electron chi connectivity index (χ3n) is 1.86. The van der Waals surface area contributed by atoms with Gasteiger partial charge in [-0.1, -0.05) is 17.7 Å². The topological polar surface area (TPSA) is 101 Å². The van der Waals surface area contributed by atoms with Gasteiger partial charge in [0.2, 0.25) is 0 Å². The Morgan fingerprint density at radius 3 is 2.53 bits per heavy atom. The molecule has 0 unspecified atom stereocenters. The summed E-state index contributed by atoms with van der Waals surface area (Å²) in [7, 11) is -8.77. The molecule has 0 aliphatic carbocycles. The summed E-state index contributed by atoms with van der Waals surface area (Å²) in [4.78, 5) is 16.9. The first-order valence-electron chi connectivity index (χ1n) is 4.32. The summed E-state index contributed by atoms with van der Waals surface area (Å²) >= 11 is 5.74. The van der Waals surface area contributed by atoms with E-state index in [1.54, 1.807) is 0 Å². The van der Waals surface area contributed by atoms with E-state index in [0.717, 1.165) is 0 Å². The second-order valence-electron chi connectivity index (χ2n) is 3.23. The highest BCUT2D eigenvalue weighted by Crippen LogP contribution is 2.36. The van der Waals surface area contributed by atoms with Gasteiger partial charge in [0, 0.05) is 5.02 Å². The van der Waals surface area contributed by atoms with Crippen LogP contribution in [-0.2, 0) is 18.9 Å². The van der Waals surface area contributed by atoms with Gasteiger partial charge in [0.05, 0.1) is 4.90 Å². The van der Waals surface area contributed by atoms with Crippen molar-refractivity contribution in [3.05, 3.63) is 28.8 Å². The van der Waals surface area contributed by atoms with Crippen LogP contribution < -0.4 is 0 Å². The van der Waals surface area contributed by atoms with Gasteiger partial charge in [0.1, 0.15) is 0 Å². The molecule has 1 rings (SSSR count). The molecule has 0 heterocycles. The van der Waals surface area contributed by atoms with E-state index in [1.165, 1.54) is 25.1 Å². The average molecular weight is 301 g/mol. The zero-order valence-electron chi connectivity index (χ0n) is 8.70. The summed E-state index contributed by atoms with van der Waals surface area (Å²) in [6, 6.07) is 4.15. The fourth-order valence-corrected chi connectivity index (χ4v) is 3.25. The number of benzene rings is 1. The predicted molar refractivity (Wildman–Crippen MR) is 61.4 cm³/mol. The van der Waals surface area contributed by atoms with Gasteiger partial charge in [-0.15, -0.1) is 0 Å². The van der Waals surface area contributed by atoms with E-state index < -0.39 is 24.1 Å². The van der Waals surface area contributed by atoms with Gasteiger partial charge in [0.25, 0.3) is 10.1 Å². The molecule has 1 aromatic carbocycles. The molecule has 0 bridgehead atoms. The second kappa shape index (κ2) is 5.06. The molecule has 0 aliphatic heterocycles. The van der Waals surface area contributed by atoms with Crippen LogP contribution >= 0.6 is 19.2 Å². The van der Waals surface area contributed by atoms with E-state index in [-0.39, 0.29) is 15.5 Å². The zero-order valence-corrected chi connectivity index (χ0v) is 11.2. The van der Waals surface area contributed by atoms with Crippen molar-refractivity contribution in [3.63, 3.8) is 0 Å². The highest BCUT2D eigenvalue weighted by atomic mass is 35.5. The highest BCUT2D eigenvalue weighted by molar-refractivity contribution is 7.87. The highest BCUT2D eigenvalue weighted by Gasteiger charge is 2.24. The summed E-state index contributed by atoms with van der Waals surface area (Å²) < 4.78 is 38.1. The smallest absolute Gasteiger partial charge is 0.323 e. The van der Waals surface area contributed by atoms with Gasteiger partial charge in [-0.05, 0) is 24.6 Å². The molecule has 9 heteroatoms. The van der Waals surface area contributed by atoms with Gasteiger partial charge in [-0.3, -0.25) is 8.75 Å². The first-order valence-corrected chi connectivity index (χ1v) is 7.91. The number of hydrogen-bond donors (Lipinski definition) is 2. The monoisotopic (exact) mass is 300 g/mol. The second-order valence-corrected chi connectivity index (χ2v) is 6.81. The third kappa shape index (κ3) is 4.06. The molecular formula is C8H10ClO6PS. The Morgan fingerprint density at radius 2 is 2.00 bits per heavy atom. The fourth-order valence-electron chi connectivity index (χ4n) is 1.06. The van der Waals surface area contributed by atoms with Crippen molar-refractivity contribution in [1.29, 1.82) is 0 Å². The Labute approximate surface area is 103 Å². The van der Waals surface area contributed by atoms with Crippen LogP contribution in [0.25, 0.3) is 0 Å². The largest absolute Gasteiger partial charge is 0.352 e. The molecule has 0 saturated heterocycles. The van der Waals surface area contributed by atoms with Crippen LogP contribution in [0.2, 0.25) is 5.02 Å². The molecule has 0 aromatic heterocycles. The molecule has 6 nitrogen and oxygen atoms in total. The molecule has 96 valence electrons. The van der Waals surface area contributed by atoms with E-state index in [2.05, 4.69) is 4.18 Å². The van der Waals surface area contributed by atoms with Crippen LogP contribution in [0, 0.1) is 6.92 Å². The summed E-state index contributed by atoms with van der Waals surface area (Å²) in [5, 5.41) is 0.228. The molecule has 0 fully saturated rings. The SMILES string of the molecule is Cc1c(Cl)cccc1S(=O)(=O)OCP(=O)(O)O. The first-order chi connectivity index (χ1) is 7.63. The Morgan fingerprint density at radius 1 is 1.41 bits per heavy atom. The third-order valence-corrected chi connectivity index (χ3v) is 4.32. The van der Waals surface area contributed by atoms with Crippen LogP contribution in [0.3, 0.4) is 0 Å². The Bertz CT molecular complexity index is 563. The standard InChI is InChI=1S/C8H10ClO6PS/c1-6-7(9)3-2-4-8(6)17(13,14)15-5-16(10,11)12/h2-4H,5H2,1H3,(H2,10,11,12). The van der Waals surface area contributed by atoms with Gasteiger partial charge in [-0.2, -0.15) is 8.42 Å². The van der Waals surface area contributed by atoms with Gasteiger partial charge >= 0.3 is 7.60 Å². The Kier molecular flexibility index (Phi) is 4.35. The van der Waals surface area contributed by atoms with Crippen LogP contribution in [0.4, 0.5) is 0 Å². The van der Waals surface area contributed by atoms with Crippen molar-refractivity contribution < 1.29 is 27.0 Å². The first kappa shape index (κ1) is 14.6. The normalized spacial score (nSPS) is 12.7. The van der Waals surface area contributed by atoms with Gasteiger partial charge in [0.15, 0.2) is 6.35 Å². The predicted octanol–water partition coefficient (Wildman–Crippen LogP) is 1.49. The van der Waals surface area contributed by atoms with Crippen molar-refractivity contribution in [2.45, 2.75) is 11.8 Å². The molecule has 0 saturated carbocycles. The molecule has 1 aromatic rings. The lowest BCUT2D eigenvalue weighted by atomic mass is 10.2. The van der Waals surface area contributed by atoms with Crippen molar-refractivity contribution in [2.24, 2.45) is 0 Å². The Balaban J connectivity index is 3.06. The van der Waals surface area contributed by atoms with Crippen molar-refractivity contribution in [3.8, 4) is 0 Å². The van der Waals surface area contributed by atoms with E-state index in [9.17, 15) is 13.0 Å².